The van der Waals surface area contributed by atoms with Gasteiger partial charge in [-0.15, -0.1) is 5.10 Å². The standard InChI is InChI=1S/C26H26ClFN4O2S/c1-16-21(24(33)34-18-11-6-3-7-12-18)23(22-19(27)13-8-14-20(22)28)32-25(29-16)30-26(31-32)35-15-17-9-4-2-5-10-17/h2,4-5,8-10,13-14,18,23H,3,6-7,11-12,15H2,1H3,(H,29,30,31). The van der Waals surface area contributed by atoms with Crippen molar-refractivity contribution in [3.05, 3.63) is 81.8 Å². The van der Waals surface area contributed by atoms with Crippen LogP contribution in [0.15, 0.2) is 65.0 Å². The Bertz CT molecular complexity index is 1240. The fraction of sp³-hybridized carbons (Fsp3) is 0.346. The number of halogens is 2. The summed E-state index contributed by atoms with van der Waals surface area (Å²) in [7, 11) is 0. The zero-order valence-electron chi connectivity index (χ0n) is 19.3. The predicted octanol–water partition coefficient (Wildman–Crippen LogP) is 6.53. The summed E-state index contributed by atoms with van der Waals surface area (Å²) in [5, 5.41) is 8.57. The summed E-state index contributed by atoms with van der Waals surface area (Å²) >= 11 is 7.95. The zero-order chi connectivity index (χ0) is 24.4. The first kappa shape index (κ1) is 23.9. The maximum atomic E-state index is 15.2. The molecule has 3 aromatic rings. The van der Waals surface area contributed by atoms with Crippen LogP contribution in [0.4, 0.5) is 10.3 Å². The number of benzene rings is 2. The first-order valence-corrected chi connectivity index (χ1v) is 13.1. The van der Waals surface area contributed by atoms with E-state index in [2.05, 4.69) is 15.4 Å². The number of nitrogens with zero attached hydrogens (tertiary/aromatic N) is 3. The van der Waals surface area contributed by atoms with Crippen molar-refractivity contribution in [2.24, 2.45) is 0 Å². The molecule has 1 fully saturated rings. The van der Waals surface area contributed by atoms with E-state index in [1.165, 1.54) is 17.8 Å². The van der Waals surface area contributed by atoms with Gasteiger partial charge >= 0.3 is 5.97 Å². The minimum Gasteiger partial charge on any atom is -0.459 e. The van der Waals surface area contributed by atoms with Crippen molar-refractivity contribution >= 4 is 35.3 Å². The van der Waals surface area contributed by atoms with Crippen LogP contribution in [0.25, 0.3) is 0 Å². The lowest BCUT2D eigenvalue weighted by atomic mass is 9.94. The number of ether oxygens (including phenoxy) is 1. The molecular formula is C26H26ClFN4O2S. The molecule has 2 aliphatic rings. The number of nitrogens with one attached hydrogen (secondary N) is 1. The van der Waals surface area contributed by atoms with E-state index in [1.54, 1.807) is 23.7 Å². The van der Waals surface area contributed by atoms with E-state index in [-0.39, 0.29) is 16.7 Å². The monoisotopic (exact) mass is 512 g/mol. The van der Waals surface area contributed by atoms with Gasteiger partial charge in [0.2, 0.25) is 11.1 Å². The van der Waals surface area contributed by atoms with Gasteiger partial charge in [0.1, 0.15) is 18.0 Å². The Balaban J connectivity index is 1.50. The summed E-state index contributed by atoms with van der Waals surface area (Å²) < 4.78 is 22.6. The molecule has 0 spiro atoms. The maximum Gasteiger partial charge on any atom is 0.338 e. The first-order valence-electron chi connectivity index (χ1n) is 11.8. The van der Waals surface area contributed by atoms with E-state index in [4.69, 9.17) is 16.3 Å². The third-order valence-corrected chi connectivity index (χ3v) is 7.60. The second-order valence-electron chi connectivity index (χ2n) is 8.80. The van der Waals surface area contributed by atoms with Crippen molar-refractivity contribution in [3.63, 3.8) is 0 Å². The lowest BCUT2D eigenvalue weighted by Crippen LogP contribution is -2.32. The number of thioether (sulfide) groups is 1. The second-order valence-corrected chi connectivity index (χ2v) is 10.2. The molecule has 0 radical (unpaired) electrons. The molecule has 1 aromatic heterocycles. The van der Waals surface area contributed by atoms with Gasteiger partial charge < -0.3 is 10.1 Å². The highest BCUT2D eigenvalue weighted by atomic mass is 35.5. The fourth-order valence-electron chi connectivity index (χ4n) is 4.62. The van der Waals surface area contributed by atoms with Gasteiger partial charge in [0.05, 0.1) is 5.57 Å². The molecule has 2 heterocycles. The molecule has 1 N–H and O–H groups in total. The van der Waals surface area contributed by atoms with E-state index >= 15 is 4.39 Å². The van der Waals surface area contributed by atoms with Gasteiger partial charge in [0.15, 0.2) is 0 Å². The highest BCUT2D eigenvalue weighted by Gasteiger charge is 2.38. The molecule has 0 saturated heterocycles. The van der Waals surface area contributed by atoms with Crippen LogP contribution in [-0.4, -0.2) is 26.8 Å². The number of carbonyl (C=O) groups is 1. The molecule has 6 nitrogen and oxygen atoms in total. The molecule has 35 heavy (non-hydrogen) atoms. The minimum atomic E-state index is -0.894. The highest BCUT2D eigenvalue weighted by molar-refractivity contribution is 7.98. The van der Waals surface area contributed by atoms with Crippen LogP contribution < -0.4 is 5.32 Å². The van der Waals surface area contributed by atoms with Crippen LogP contribution in [0, 0.1) is 5.82 Å². The van der Waals surface area contributed by atoms with E-state index in [1.807, 2.05) is 30.3 Å². The Kier molecular flexibility index (Phi) is 7.11. The molecule has 0 amide bonds. The van der Waals surface area contributed by atoms with Crippen LogP contribution >= 0.6 is 23.4 Å². The molecule has 1 atom stereocenters. The number of carbonyl (C=O) groups excluding carboxylic acids is 1. The summed E-state index contributed by atoms with van der Waals surface area (Å²) in [6.07, 6.45) is 4.76. The number of hydrogen-bond acceptors (Lipinski definition) is 6. The molecule has 182 valence electrons. The lowest BCUT2D eigenvalue weighted by Gasteiger charge is -2.30. The normalized spacial score (nSPS) is 18.2. The summed E-state index contributed by atoms with van der Waals surface area (Å²) in [4.78, 5) is 18.1. The molecule has 0 bridgehead atoms. The Labute approximate surface area is 212 Å². The Morgan fingerprint density at radius 1 is 1.17 bits per heavy atom. The van der Waals surface area contributed by atoms with Crippen molar-refractivity contribution < 1.29 is 13.9 Å². The summed E-state index contributed by atoms with van der Waals surface area (Å²) in [6.45, 7) is 1.77. The van der Waals surface area contributed by atoms with Crippen LogP contribution in [0.5, 0.6) is 0 Å². The lowest BCUT2D eigenvalue weighted by molar-refractivity contribution is -0.146. The topological polar surface area (TPSA) is 69.0 Å². The molecule has 1 aliphatic heterocycles. The quantitative estimate of drug-likeness (QED) is 0.299. The Morgan fingerprint density at radius 3 is 2.69 bits per heavy atom. The van der Waals surface area contributed by atoms with Crippen molar-refractivity contribution in [1.29, 1.82) is 0 Å². The van der Waals surface area contributed by atoms with Crippen LogP contribution in [0.1, 0.15) is 56.2 Å². The van der Waals surface area contributed by atoms with Crippen LogP contribution in [-0.2, 0) is 15.3 Å². The number of anilines is 1. The molecule has 9 heteroatoms. The fourth-order valence-corrected chi connectivity index (χ4v) is 5.67. The van der Waals surface area contributed by atoms with Gasteiger partial charge in [-0.3, -0.25) is 0 Å². The predicted molar refractivity (Wildman–Crippen MR) is 135 cm³/mol. The number of allylic oxidation sites excluding steroid dienone is 1. The minimum absolute atomic E-state index is 0.137. The van der Waals surface area contributed by atoms with Crippen LogP contribution in [0.3, 0.4) is 0 Å². The summed E-state index contributed by atoms with van der Waals surface area (Å²) in [5.41, 5.74) is 2.16. The van der Waals surface area contributed by atoms with Gasteiger partial charge in [-0.05, 0) is 50.3 Å². The summed E-state index contributed by atoms with van der Waals surface area (Å²) in [6, 6.07) is 13.6. The van der Waals surface area contributed by atoms with Crippen LogP contribution in [0.2, 0.25) is 5.02 Å². The van der Waals surface area contributed by atoms with Crippen molar-refractivity contribution in [2.45, 2.75) is 62.1 Å². The first-order chi connectivity index (χ1) is 17.0. The van der Waals surface area contributed by atoms with Gasteiger partial charge in [-0.1, -0.05) is 66.2 Å². The molecular weight excluding hydrogens is 487 g/mol. The van der Waals surface area contributed by atoms with E-state index < -0.39 is 17.8 Å². The van der Waals surface area contributed by atoms with Gasteiger partial charge in [-0.25, -0.2) is 13.9 Å². The number of rotatable bonds is 6. The maximum absolute atomic E-state index is 15.2. The average molecular weight is 513 g/mol. The third kappa shape index (κ3) is 5.09. The van der Waals surface area contributed by atoms with Gasteiger partial charge in [0.25, 0.3) is 0 Å². The smallest absolute Gasteiger partial charge is 0.338 e. The summed E-state index contributed by atoms with van der Waals surface area (Å²) in [5.74, 6) is 0.112. The Hall–Kier alpha value is -2.84. The van der Waals surface area contributed by atoms with Gasteiger partial charge in [0, 0.05) is 22.0 Å². The SMILES string of the molecule is CC1=C(C(=O)OC2CCCCC2)C(c2c(F)cccc2Cl)n2nc(SCc3ccccc3)nc2N1. The van der Waals surface area contributed by atoms with E-state index in [9.17, 15) is 4.79 Å². The van der Waals surface area contributed by atoms with E-state index in [0.717, 1.165) is 37.7 Å². The number of fused-ring (bicyclic) bond motifs is 1. The van der Waals surface area contributed by atoms with Gasteiger partial charge in [-0.2, -0.15) is 4.98 Å². The molecule has 1 unspecified atom stereocenters. The van der Waals surface area contributed by atoms with E-state index in [0.29, 0.717) is 28.1 Å². The molecule has 5 rings (SSSR count). The second kappa shape index (κ2) is 10.4. The molecule has 2 aromatic carbocycles. The largest absolute Gasteiger partial charge is 0.459 e. The van der Waals surface area contributed by atoms with Crippen molar-refractivity contribution in [2.75, 3.05) is 5.32 Å². The zero-order valence-corrected chi connectivity index (χ0v) is 20.9. The molecule has 1 saturated carbocycles. The molecule has 1 aliphatic carbocycles. The number of hydrogen-bond donors (Lipinski definition) is 1. The van der Waals surface area contributed by atoms with Crippen molar-refractivity contribution in [3.8, 4) is 0 Å². The highest BCUT2D eigenvalue weighted by Crippen LogP contribution is 2.41. The number of aromatic nitrogens is 3. The van der Waals surface area contributed by atoms with Crippen molar-refractivity contribution in [1.82, 2.24) is 14.8 Å². The third-order valence-electron chi connectivity index (χ3n) is 6.36. The number of esters is 1. The Morgan fingerprint density at radius 2 is 1.94 bits per heavy atom. The average Bonchev–Trinajstić information content (AvgIpc) is 3.26.